The van der Waals surface area contributed by atoms with Gasteiger partial charge in [0.15, 0.2) is 0 Å². The quantitative estimate of drug-likeness (QED) is 0.912. The van der Waals surface area contributed by atoms with E-state index in [0.717, 1.165) is 0 Å². The van der Waals surface area contributed by atoms with Crippen LogP contribution in [0.25, 0.3) is 0 Å². The number of benzene rings is 1. The predicted molar refractivity (Wildman–Crippen MR) is 75.2 cm³/mol. The van der Waals surface area contributed by atoms with E-state index in [1.54, 1.807) is 6.92 Å². The minimum absolute atomic E-state index is 0.161. The van der Waals surface area contributed by atoms with Gasteiger partial charge in [0.05, 0.1) is 10.7 Å². The summed E-state index contributed by atoms with van der Waals surface area (Å²) >= 11 is 6.05. The van der Waals surface area contributed by atoms with Crippen molar-refractivity contribution in [2.75, 3.05) is 11.4 Å². The number of carbonyl (C=O) groups excluding carboxylic acids is 2. The maximum atomic E-state index is 13.4. The zero-order chi connectivity index (χ0) is 14.9. The monoisotopic (exact) mass is 298 g/mol. The number of hydrogen-bond acceptors (Lipinski definition) is 2. The predicted octanol–water partition coefficient (Wildman–Crippen LogP) is 2.50. The number of anilines is 1. The number of nitrogens with zero attached hydrogens (tertiary/aromatic N) is 1. The summed E-state index contributed by atoms with van der Waals surface area (Å²) in [5.74, 6) is -0.949. The lowest BCUT2D eigenvalue weighted by molar-refractivity contribution is -0.129. The molecule has 20 heavy (non-hydrogen) atoms. The van der Waals surface area contributed by atoms with Crippen molar-refractivity contribution < 1.29 is 14.0 Å². The van der Waals surface area contributed by atoms with Crippen LogP contribution >= 0.6 is 11.6 Å². The Bertz CT molecular complexity index is 564. The summed E-state index contributed by atoms with van der Waals surface area (Å²) in [5, 5.41) is 3.01. The topological polar surface area (TPSA) is 49.4 Å². The van der Waals surface area contributed by atoms with E-state index >= 15 is 0 Å². The zero-order valence-corrected chi connectivity index (χ0v) is 12.1. The summed E-state index contributed by atoms with van der Waals surface area (Å²) in [7, 11) is 0. The van der Waals surface area contributed by atoms with Gasteiger partial charge in [0.25, 0.3) is 5.91 Å². The third kappa shape index (κ3) is 2.63. The number of carbonyl (C=O) groups is 2. The second-order valence-corrected chi connectivity index (χ2v) is 5.44. The lowest BCUT2D eigenvalue weighted by atomic mass is 9.97. The summed E-state index contributed by atoms with van der Waals surface area (Å²) < 4.78 is 13.4. The van der Waals surface area contributed by atoms with E-state index in [1.807, 2.05) is 6.92 Å². The lowest BCUT2D eigenvalue weighted by Crippen LogP contribution is -2.54. The van der Waals surface area contributed by atoms with Crippen molar-refractivity contribution in [1.29, 1.82) is 0 Å². The van der Waals surface area contributed by atoms with Gasteiger partial charge < -0.3 is 10.2 Å². The molecular formula is C14H16ClFN2O2. The molecule has 0 aliphatic carbocycles. The first kappa shape index (κ1) is 14.8. The first-order valence-electron chi connectivity index (χ1n) is 6.45. The van der Waals surface area contributed by atoms with Crippen LogP contribution in [-0.4, -0.2) is 23.9 Å². The van der Waals surface area contributed by atoms with Gasteiger partial charge in [-0.25, -0.2) is 4.39 Å². The molecule has 1 aliphatic heterocycles. The molecule has 1 heterocycles. The molecule has 0 bridgehead atoms. The van der Waals surface area contributed by atoms with Gasteiger partial charge in [-0.05, 0) is 31.5 Å². The molecule has 4 nitrogen and oxygen atoms in total. The van der Waals surface area contributed by atoms with Crippen LogP contribution in [0.1, 0.15) is 26.7 Å². The summed E-state index contributed by atoms with van der Waals surface area (Å²) in [6.07, 6.45) is 0.606. The molecule has 0 saturated carbocycles. The van der Waals surface area contributed by atoms with E-state index < -0.39 is 11.4 Å². The molecule has 1 atom stereocenters. The standard InChI is InChI=1S/C14H16ClFN2O2/c1-3-14(2)13(20)18(7-6-12(19)17-14)11-8-9(16)4-5-10(11)15/h4-5,8H,3,6-7H2,1-2H3,(H,17,19). The number of halogens is 2. The summed E-state index contributed by atoms with van der Waals surface area (Å²) in [4.78, 5) is 25.8. The number of amides is 2. The summed E-state index contributed by atoms with van der Waals surface area (Å²) in [5.41, 5.74) is -0.698. The molecule has 0 spiro atoms. The van der Waals surface area contributed by atoms with Gasteiger partial charge >= 0.3 is 0 Å². The van der Waals surface area contributed by atoms with E-state index in [2.05, 4.69) is 5.32 Å². The van der Waals surface area contributed by atoms with Crippen molar-refractivity contribution in [3.05, 3.63) is 29.0 Å². The van der Waals surface area contributed by atoms with Gasteiger partial charge in [-0.15, -0.1) is 0 Å². The molecule has 1 fully saturated rings. The minimum Gasteiger partial charge on any atom is -0.342 e. The minimum atomic E-state index is -0.997. The summed E-state index contributed by atoms with van der Waals surface area (Å²) in [6, 6.07) is 3.85. The fourth-order valence-corrected chi connectivity index (χ4v) is 2.42. The number of nitrogens with one attached hydrogen (secondary N) is 1. The highest BCUT2D eigenvalue weighted by Crippen LogP contribution is 2.30. The zero-order valence-electron chi connectivity index (χ0n) is 11.4. The first-order valence-corrected chi connectivity index (χ1v) is 6.83. The second kappa shape index (κ2) is 5.40. The van der Waals surface area contributed by atoms with Crippen molar-refractivity contribution in [3.8, 4) is 0 Å². The highest BCUT2D eigenvalue weighted by molar-refractivity contribution is 6.34. The fourth-order valence-electron chi connectivity index (χ4n) is 2.20. The highest BCUT2D eigenvalue weighted by atomic mass is 35.5. The van der Waals surface area contributed by atoms with Crippen molar-refractivity contribution in [3.63, 3.8) is 0 Å². The molecular weight excluding hydrogens is 283 g/mol. The van der Waals surface area contributed by atoms with E-state index in [0.29, 0.717) is 12.1 Å². The molecule has 1 unspecified atom stereocenters. The van der Waals surface area contributed by atoms with Crippen LogP contribution in [0.3, 0.4) is 0 Å². The smallest absolute Gasteiger partial charge is 0.252 e. The Kier molecular flexibility index (Phi) is 3.99. The Morgan fingerprint density at radius 3 is 2.80 bits per heavy atom. The molecule has 108 valence electrons. The van der Waals surface area contributed by atoms with Gasteiger partial charge in [0, 0.05) is 13.0 Å². The van der Waals surface area contributed by atoms with E-state index in [4.69, 9.17) is 11.6 Å². The molecule has 2 amide bonds. The molecule has 1 aromatic rings. The molecule has 0 aromatic heterocycles. The maximum Gasteiger partial charge on any atom is 0.252 e. The maximum absolute atomic E-state index is 13.4. The van der Waals surface area contributed by atoms with Crippen LogP contribution in [-0.2, 0) is 9.59 Å². The van der Waals surface area contributed by atoms with Gasteiger partial charge in [0.2, 0.25) is 5.91 Å². The molecule has 0 radical (unpaired) electrons. The van der Waals surface area contributed by atoms with Crippen LogP contribution < -0.4 is 10.2 Å². The van der Waals surface area contributed by atoms with Gasteiger partial charge in [-0.1, -0.05) is 18.5 Å². The third-order valence-corrected chi connectivity index (χ3v) is 3.92. The molecule has 1 aliphatic rings. The third-order valence-electron chi connectivity index (χ3n) is 3.60. The van der Waals surface area contributed by atoms with E-state index in [-0.39, 0.29) is 29.8 Å². The van der Waals surface area contributed by atoms with Crippen LogP contribution in [0.5, 0.6) is 0 Å². The Labute approximate surface area is 121 Å². The number of rotatable bonds is 2. The largest absolute Gasteiger partial charge is 0.342 e. The van der Waals surface area contributed by atoms with Crippen molar-refractivity contribution in [1.82, 2.24) is 5.32 Å². The molecule has 2 rings (SSSR count). The van der Waals surface area contributed by atoms with Crippen LogP contribution in [0.15, 0.2) is 18.2 Å². The van der Waals surface area contributed by atoms with E-state index in [9.17, 15) is 14.0 Å². The average Bonchev–Trinajstić information content (AvgIpc) is 2.52. The molecule has 1 N–H and O–H groups in total. The second-order valence-electron chi connectivity index (χ2n) is 5.04. The molecule has 1 aromatic carbocycles. The Balaban J connectivity index is 2.46. The number of hydrogen-bond donors (Lipinski definition) is 1. The van der Waals surface area contributed by atoms with Crippen molar-refractivity contribution >= 4 is 29.1 Å². The van der Waals surface area contributed by atoms with E-state index in [1.165, 1.54) is 23.1 Å². The highest BCUT2D eigenvalue weighted by Gasteiger charge is 2.40. The Morgan fingerprint density at radius 1 is 1.45 bits per heavy atom. The Hall–Kier alpha value is -1.62. The van der Waals surface area contributed by atoms with Crippen molar-refractivity contribution in [2.24, 2.45) is 0 Å². The molecule has 6 heteroatoms. The van der Waals surface area contributed by atoms with Crippen molar-refractivity contribution in [2.45, 2.75) is 32.2 Å². The SMILES string of the molecule is CCC1(C)NC(=O)CCN(c2cc(F)ccc2Cl)C1=O. The fraction of sp³-hybridized carbons (Fsp3) is 0.429. The van der Waals surface area contributed by atoms with Crippen LogP contribution in [0.4, 0.5) is 10.1 Å². The summed E-state index contributed by atoms with van der Waals surface area (Å²) in [6.45, 7) is 3.66. The van der Waals surface area contributed by atoms with Crippen LogP contribution in [0, 0.1) is 5.82 Å². The first-order chi connectivity index (χ1) is 9.37. The Morgan fingerprint density at radius 2 is 2.15 bits per heavy atom. The van der Waals surface area contributed by atoms with Gasteiger partial charge in [-0.2, -0.15) is 0 Å². The average molecular weight is 299 g/mol. The lowest BCUT2D eigenvalue weighted by Gasteiger charge is -2.31. The normalized spacial score (nSPS) is 23.5. The van der Waals surface area contributed by atoms with Crippen LogP contribution in [0.2, 0.25) is 5.02 Å². The molecule has 1 saturated heterocycles. The van der Waals surface area contributed by atoms with Gasteiger partial charge in [0.1, 0.15) is 11.4 Å². The van der Waals surface area contributed by atoms with Gasteiger partial charge in [-0.3, -0.25) is 9.59 Å².